The van der Waals surface area contributed by atoms with Gasteiger partial charge in [0.25, 0.3) is 12.4 Å². The Morgan fingerprint density at radius 2 is 2.09 bits per heavy atom. The number of aryl methyl sites for hydroxylation is 1. The molecule has 176 valence electrons. The average Bonchev–Trinajstić information content (AvgIpc) is 3.20. The van der Waals surface area contributed by atoms with Gasteiger partial charge in [-0.2, -0.15) is 10.1 Å². The van der Waals surface area contributed by atoms with Crippen LogP contribution in [0.1, 0.15) is 23.2 Å². The molecule has 0 radical (unpaired) electrons. The number of halogens is 1. The molecule has 3 N–H and O–H groups in total. The minimum Gasteiger partial charge on any atom is -0.483 e. The largest absolute Gasteiger partial charge is 0.483 e. The molecule has 1 aromatic carbocycles. The molecule has 1 aliphatic heterocycles. The van der Waals surface area contributed by atoms with Gasteiger partial charge in [-0.05, 0) is 38.1 Å². The predicted octanol–water partition coefficient (Wildman–Crippen LogP) is 1.65. The van der Waals surface area contributed by atoms with Crippen LogP contribution in [0.3, 0.4) is 0 Å². The third kappa shape index (κ3) is 5.52. The molecule has 0 atom stereocenters. The number of carboxylic acid groups (broad SMARTS) is 1. The molecule has 2 aromatic heterocycles. The predicted molar refractivity (Wildman–Crippen MR) is 120 cm³/mol. The molecular weight excluding hydrogens is 433 g/mol. The number of benzene rings is 1. The van der Waals surface area contributed by atoms with E-state index in [1.165, 1.54) is 24.1 Å². The van der Waals surface area contributed by atoms with Crippen LogP contribution in [-0.2, 0) is 11.8 Å². The summed E-state index contributed by atoms with van der Waals surface area (Å²) in [6.07, 6.45) is 5.11. The van der Waals surface area contributed by atoms with Crippen LogP contribution in [0.4, 0.5) is 16.0 Å². The van der Waals surface area contributed by atoms with E-state index in [4.69, 9.17) is 14.6 Å². The molecule has 0 bridgehead atoms. The van der Waals surface area contributed by atoms with E-state index in [0.29, 0.717) is 23.1 Å². The highest BCUT2D eigenvalue weighted by atomic mass is 19.1. The lowest BCUT2D eigenvalue weighted by atomic mass is 10.1. The number of anilines is 2. The van der Waals surface area contributed by atoms with Crippen molar-refractivity contribution in [1.29, 1.82) is 0 Å². The minimum absolute atomic E-state index is 0.168. The number of ether oxygens (including phenoxy) is 1. The first-order valence-corrected chi connectivity index (χ1v) is 10.2. The molecule has 1 aliphatic rings. The average molecular weight is 459 g/mol. The molecule has 33 heavy (non-hydrogen) atoms. The summed E-state index contributed by atoms with van der Waals surface area (Å²) < 4.78 is 21.2. The maximum Gasteiger partial charge on any atom is 0.290 e. The second-order valence-electron chi connectivity index (χ2n) is 7.44. The Morgan fingerprint density at radius 1 is 1.39 bits per heavy atom. The third-order valence-electron chi connectivity index (χ3n) is 5.29. The highest BCUT2D eigenvalue weighted by Gasteiger charge is 2.23. The maximum atomic E-state index is 14.3. The summed E-state index contributed by atoms with van der Waals surface area (Å²) in [6, 6.07) is 3.22. The van der Waals surface area contributed by atoms with Gasteiger partial charge in [0.1, 0.15) is 11.1 Å². The summed E-state index contributed by atoms with van der Waals surface area (Å²) in [5.41, 5.74) is 0.740. The molecule has 1 saturated heterocycles. The van der Waals surface area contributed by atoms with Crippen molar-refractivity contribution >= 4 is 34.9 Å². The van der Waals surface area contributed by atoms with Crippen molar-refractivity contribution < 1.29 is 23.8 Å². The highest BCUT2D eigenvalue weighted by molar-refractivity contribution is 6.06. The van der Waals surface area contributed by atoms with Gasteiger partial charge in [0.15, 0.2) is 5.82 Å². The smallest absolute Gasteiger partial charge is 0.290 e. The molecular formula is C21H26FN7O4. The number of carbonyl (C=O) groups excluding carboxylic acids is 1. The number of carbonyl (C=O) groups is 2. The number of aromatic nitrogens is 4. The number of hydrogen-bond acceptors (Lipinski definition) is 8. The summed E-state index contributed by atoms with van der Waals surface area (Å²) in [5, 5.41) is 17.6. The van der Waals surface area contributed by atoms with Crippen molar-refractivity contribution in [1.82, 2.24) is 25.1 Å². The molecule has 3 aromatic rings. The van der Waals surface area contributed by atoms with Crippen LogP contribution in [-0.4, -0.2) is 70.5 Å². The number of rotatable bonds is 5. The van der Waals surface area contributed by atoms with Crippen LogP contribution in [0.5, 0.6) is 5.88 Å². The van der Waals surface area contributed by atoms with Crippen LogP contribution in [0.2, 0.25) is 0 Å². The Morgan fingerprint density at radius 3 is 2.76 bits per heavy atom. The quantitative estimate of drug-likeness (QED) is 0.487. The van der Waals surface area contributed by atoms with E-state index >= 15 is 0 Å². The standard InChI is InChI=1S/C20H24FN7O2.CH2O2/c1-27-11-12-8-13(9-16(21)17(12)26-27)24-18(29)15-10-23-20(25-19(15)30-3)28(2)14-4-6-22-7-5-14;2-1-3/h8-11,14,22H,4-7H2,1-3H3,(H,24,29);1H,(H,2,3). The fraction of sp³-hybridized carbons (Fsp3) is 0.381. The van der Waals surface area contributed by atoms with Gasteiger partial charge in [0.05, 0.1) is 7.11 Å². The van der Waals surface area contributed by atoms with Crippen LogP contribution < -0.4 is 20.3 Å². The van der Waals surface area contributed by atoms with Crippen molar-refractivity contribution in [2.75, 3.05) is 37.5 Å². The Hall–Kier alpha value is -3.80. The number of amides is 1. The number of methoxy groups -OCH3 is 1. The van der Waals surface area contributed by atoms with Crippen molar-refractivity contribution in [3.63, 3.8) is 0 Å². The summed E-state index contributed by atoms with van der Waals surface area (Å²) in [5.74, 6) is -0.324. The van der Waals surface area contributed by atoms with Crippen molar-refractivity contribution in [2.24, 2.45) is 7.05 Å². The second-order valence-corrected chi connectivity index (χ2v) is 7.44. The molecule has 0 unspecified atom stereocenters. The number of fused-ring (bicyclic) bond motifs is 1. The molecule has 1 amide bonds. The van der Waals surface area contributed by atoms with Crippen LogP contribution in [0, 0.1) is 5.82 Å². The first kappa shape index (κ1) is 23.9. The Kier molecular flexibility index (Phi) is 7.72. The summed E-state index contributed by atoms with van der Waals surface area (Å²) >= 11 is 0. The van der Waals surface area contributed by atoms with Gasteiger partial charge in [0.2, 0.25) is 11.8 Å². The van der Waals surface area contributed by atoms with E-state index in [-0.39, 0.29) is 23.4 Å². The van der Waals surface area contributed by atoms with E-state index in [2.05, 4.69) is 25.7 Å². The number of nitrogens with one attached hydrogen (secondary N) is 2. The number of piperidine rings is 1. The second kappa shape index (κ2) is 10.7. The Bertz CT molecular complexity index is 1130. The van der Waals surface area contributed by atoms with E-state index < -0.39 is 11.7 Å². The lowest BCUT2D eigenvalue weighted by Gasteiger charge is -2.31. The van der Waals surface area contributed by atoms with E-state index in [1.807, 2.05) is 11.9 Å². The van der Waals surface area contributed by atoms with Gasteiger partial charge in [-0.15, -0.1) is 0 Å². The van der Waals surface area contributed by atoms with Gasteiger partial charge >= 0.3 is 0 Å². The number of nitrogens with zero attached hydrogens (tertiary/aromatic N) is 5. The van der Waals surface area contributed by atoms with E-state index in [0.717, 1.165) is 25.9 Å². The molecule has 1 fully saturated rings. The van der Waals surface area contributed by atoms with Gasteiger partial charge in [0, 0.05) is 43.6 Å². The lowest BCUT2D eigenvalue weighted by molar-refractivity contribution is -0.122. The Labute approximate surface area is 189 Å². The van der Waals surface area contributed by atoms with Crippen LogP contribution in [0.15, 0.2) is 24.5 Å². The third-order valence-corrected chi connectivity index (χ3v) is 5.29. The monoisotopic (exact) mass is 459 g/mol. The Balaban J connectivity index is 0.000000968. The van der Waals surface area contributed by atoms with Crippen molar-refractivity contribution in [3.05, 3.63) is 35.9 Å². The SMILES string of the molecule is COc1nc(N(C)C2CCNCC2)ncc1C(=O)Nc1cc(F)c2nn(C)cc2c1.O=CO. The molecule has 4 rings (SSSR count). The number of hydrogen-bond donors (Lipinski definition) is 3. The van der Waals surface area contributed by atoms with E-state index in [9.17, 15) is 9.18 Å². The first-order valence-electron chi connectivity index (χ1n) is 10.2. The molecule has 11 nitrogen and oxygen atoms in total. The lowest BCUT2D eigenvalue weighted by Crippen LogP contribution is -2.42. The molecule has 3 heterocycles. The maximum absolute atomic E-state index is 14.3. The van der Waals surface area contributed by atoms with E-state index in [1.54, 1.807) is 19.3 Å². The first-order chi connectivity index (χ1) is 15.9. The van der Waals surface area contributed by atoms with Crippen molar-refractivity contribution in [3.8, 4) is 5.88 Å². The molecule has 12 heteroatoms. The fourth-order valence-electron chi connectivity index (χ4n) is 3.68. The zero-order valence-electron chi connectivity index (χ0n) is 18.6. The summed E-state index contributed by atoms with van der Waals surface area (Å²) in [7, 11) is 5.10. The van der Waals surface area contributed by atoms with Gasteiger partial charge in [-0.3, -0.25) is 14.3 Å². The normalized spacial score (nSPS) is 13.7. The zero-order chi connectivity index (χ0) is 24.0. The summed E-state index contributed by atoms with van der Waals surface area (Å²) in [6.45, 7) is 1.65. The minimum atomic E-state index is -0.509. The summed E-state index contributed by atoms with van der Waals surface area (Å²) in [4.78, 5) is 32.0. The van der Waals surface area contributed by atoms with Gasteiger partial charge < -0.3 is 25.4 Å². The molecule has 0 aliphatic carbocycles. The van der Waals surface area contributed by atoms with Crippen LogP contribution >= 0.6 is 0 Å². The van der Waals surface area contributed by atoms with Crippen molar-refractivity contribution in [2.45, 2.75) is 18.9 Å². The highest BCUT2D eigenvalue weighted by Crippen LogP contribution is 2.25. The topological polar surface area (TPSA) is 134 Å². The molecule has 0 spiro atoms. The van der Waals surface area contributed by atoms with Gasteiger partial charge in [-0.25, -0.2) is 9.37 Å². The van der Waals surface area contributed by atoms with Gasteiger partial charge in [-0.1, -0.05) is 0 Å². The molecule has 0 saturated carbocycles. The fourth-order valence-corrected chi connectivity index (χ4v) is 3.68. The zero-order valence-corrected chi connectivity index (χ0v) is 18.6. The van der Waals surface area contributed by atoms with Crippen LogP contribution in [0.25, 0.3) is 10.9 Å².